The zero-order valence-electron chi connectivity index (χ0n) is 16.8. The molecule has 0 aliphatic rings. The lowest BCUT2D eigenvalue weighted by atomic mass is 9.99. The van der Waals surface area contributed by atoms with E-state index in [2.05, 4.69) is 5.32 Å². The molecule has 0 saturated carbocycles. The van der Waals surface area contributed by atoms with Crippen LogP contribution in [-0.2, 0) is 4.74 Å². The van der Waals surface area contributed by atoms with Crippen molar-refractivity contribution in [2.24, 2.45) is 0 Å². The minimum atomic E-state index is -0.429. The Morgan fingerprint density at radius 3 is 2.40 bits per heavy atom. The summed E-state index contributed by atoms with van der Waals surface area (Å²) in [5.41, 5.74) is 2.51. The van der Waals surface area contributed by atoms with Gasteiger partial charge in [-0.1, -0.05) is 60.7 Å². The van der Waals surface area contributed by atoms with Gasteiger partial charge in [0, 0.05) is 11.3 Å². The molecule has 0 aliphatic heterocycles. The lowest BCUT2D eigenvalue weighted by Gasteiger charge is -2.07. The molecule has 150 valence electrons. The predicted octanol–water partition coefficient (Wildman–Crippen LogP) is 6.36. The summed E-state index contributed by atoms with van der Waals surface area (Å²) < 4.78 is 5.27. The highest BCUT2D eigenvalue weighted by Gasteiger charge is 2.27. The van der Waals surface area contributed by atoms with Crippen LogP contribution >= 0.6 is 11.3 Å². The second-order valence-corrected chi connectivity index (χ2v) is 7.85. The lowest BCUT2D eigenvalue weighted by Crippen LogP contribution is -2.08. The number of thiophene rings is 1. The third-order valence-electron chi connectivity index (χ3n) is 4.90. The van der Waals surface area contributed by atoms with Crippen LogP contribution in [0.1, 0.15) is 38.1 Å². The number of hydrogen-bond donors (Lipinski definition) is 1. The first-order valence-electron chi connectivity index (χ1n) is 9.75. The first kappa shape index (κ1) is 19.9. The number of fused-ring (bicyclic) bond motifs is 1. The fourth-order valence-corrected chi connectivity index (χ4v) is 4.63. The Balaban J connectivity index is 1.82. The second-order valence-electron chi connectivity index (χ2n) is 6.83. The van der Waals surface area contributed by atoms with E-state index in [1.807, 2.05) is 72.8 Å². The van der Waals surface area contributed by atoms with Crippen LogP contribution in [0.4, 0.5) is 10.7 Å². The maximum atomic E-state index is 13.5. The molecule has 0 unspecified atom stereocenters. The molecule has 5 heteroatoms. The van der Waals surface area contributed by atoms with Gasteiger partial charge in [-0.2, -0.15) is 0 Å². The van der Waals surface area contributed by atoms with E-state index in [0.717, 1.165) is 16.5 Å². The van der Waals surface area contributed by atoms with Crippen LogP contribution in [0.2, 0.25) is 0 Å². The van der Waals surface area contributed by atoms with Crippen molar-refractivity contribution in [3.63, 3.8) is 0 Å². The number of nitrogens with one attached hydrogen (secondary N) is 1. The van der Waals surface area contributed by atoms with Crippen molar-refractivity contribution in [3.05, 3.63) is 94.4 Å². The van der Waals surface area contributed by atoms with Gasteiger partial charge in [-0.25, -0.2) is 4.79 Å². The zero-order chi connectivity index (χ0) is 21.1. The number of anilines is 2. The molecular weight excluding hydrogens is 394 g/mol. The van der Waals surface area contributed by atoms with Crippen LogP contribution in [-0.4, -0.2) is 18.4 Å². The number of para-hydroxylation sites is 1. The third-order valence-corrected chi connectivity index (χ3v) is 6.10. The number of carbonyl (C=O) groups is 2. The summed E-state index contributed by atoms with van der Waals surface area (Å²) >= 11 is 1.29. The van der Waals surface area contributed by atoms with Crippen molar-refractivity contribution in [1.29, 1.82) is 0 Å². The quantitative estimate of drug-likeness (QED) is 0.294. The number of hydrogen-bond acceptors (Lipinski definition) is 5. The van der Waals surface area contributed by atoms with Gasteiger partial charge in [0.1, 0.15) is 5.00 Å². The first-order chi connectivity index (χ1) is 14.6. The second kappa shape index (κ2) is 8.51. The van der Waals surface area contributed by atoms with Gasteiger partial charge >= 0.3 is 5.97 Å². The fourth-order valence-electron chi connectivity index (χ4n) is 3.47. The number of ether oxygens (including phenoxy) is 1. The number of esters is 1. The summed E-state index contributed by atoms with van der Waals surface area (Å²) in [6.07, 6.45) is 0. The van der Waals surface area contributed by atoms with Crippen LogP contribution in [0.5, 0.6) is 0 Å². The Hall–Kier alpha value is -3.44. The summed E-state index contributed by atoms with van der Waals surface area (Å²) in [4.78, 5) is 26.7. The number of carbonyl (C=O) groups excluding carboxylic acids is 2. The molecule has 1 heterocycles. The standard InChI is InChI=1S/C25H21NO3S/c1-3-29-25(28)21-16(2)23(30-24(21)26-18-12-5-4-6-13-18)22(27)20-15-9-11-17-10-7-8-14-19(17)20/h4-15,26H,3H2,1-2H3. The number of ketones is 1. The summed E-state index contributed by atoms with van der Waals surface area (Å²) in [6.45, 7) is 3.84. The van der Waals surface area contributed by atoms with Crippen LogP contribution in [0.25, 0.3) is 10.8 Å². The molecule has 3 aromatic carbocycles. The normalized spacial score (nSPS) is 10.7. The molecule has 0 radical (unpaired) electrons. The molecule has 1 aromatic heterocycles. The Morgan fingerprint density at radius 1 is 0.933 bits per heavy atom. The minimum Gasteiger partial charge on any atom is -0.462 e. The fraction of sp³-hybridized carbons (Fsp3) is 0.120. The highest BCUT2D eigenvalue weighted by atomic mass is 32.1. The molecule has 0 bridgehead atoms. The molecule has 0 amide bonds. The molecule has 4 aromatic rings. The van der Waals surface area contributed by atoms with Crippen LogP contribution in [0.3, 0.4) is 0 Å². The van der Waals surface area contributed by atoms with Crippen molar-refractivity contribution < 1.29 is 14.3 Å². The molecular formula is C25H21NO3S. The van der Waals surface area contributed by atoms with Gasteiger partial charge in [0.05, 0.1) is 17.0 Å². The van der Waals surface area contributed by atoms with Crippen molar-refractivity contribution in [1.82, 2.24) is 0 Å². The average Bonchev–Trinajstić information content (AvgIpc) is 3.09. The van der Waals surface area contributed by atoms with Crippen molar-refractivity contribution >= 4 is 44.6 Å². The van der Waals surface area contributed by atoms with Crippen LogP contribution in [0, 0.1) is 6.92 Å². The van der Waals surface area contributed by atoms with E-state index in [4.69, 9.17) is 4.74 Å². The highest BCUT2D eigenvalue weighted by Crippen LogP contribution is 2.37. The molecule has 0 atom stereocenters. The third kappa shape index (κ3) is 3.72. The summed E-state index contributed by atoms with van der Waals surface area (Å²) in [5.74, 6) is -0.525. The lowest BCUT2D eigenvalue weighted by molar-refractivity contribution is 0.0527. The summed E-state index contributed by atoms with van der Waals surface area (Å²) in [7, 11) is 0. The van der Waals surface area contributed by atoms with E-state index >= 15 is 0 Å². The SMILES string of the molecule is CCOC(=O)c1c(Nc2ccccc2)sc(C(=O)c2cccc3ccccc23)c1C. The molecule has 0 spiro atoms. The molecule has 1 N–H and O–H groups in total. The first-order valence-corrected chi connectivity index (χ1v) is 10.6. The number of rotatable bonds is 6. The minimum absolute atomic E-state index is 0.0963. The van der Waals surface area contributed by atoms with Gasteiger partial charge in [0.15, 0.2) is 0 Å². The van der Waals surface area contributed by atoms with Crippen molar-refractivity contribution in [2.45, 2.75) is 13.8 Å². The largest absolute Gasteiger partial charge is 0.462 e. The average molecular weight is 416 g/mol. The summed E-state index contributed by atoms with van der Waals surface area (Å²) in [6, 6.07) is 23.1. The van der Waals surface area contributed by atoms with Crippen LogP contribution < -0.4 is 5.32 Å². The van der Waals surface area contributed by atoms with Gasteiger partial charge in [-0.05, 0) is 42.3 Å². The monoisotopic (exact) mass is 415 g/mol. The number of benzene rings is 3. The van der Waals surface area contributed by atoms with Crippen LogP contribution in [0.15, 0.2) is 72.8 Å². The van der Waals surface area contributed by atoms with E-state index in [-0.39, 0.29) is 12.4 Å². The van der Waals surface area contributed by atoms with Gasteiger partial charge in [0.25, 0.3) is 0 Å². The maximum absolute atomic E-state index is 13.5. The van der Waals surface area contributed by atoms with E-state index in [1.165, 1.54) is 11.3 Å². The maximum Gasteiger partial charge on any atom is 0.341 e. The Labute approximate surface area is 179 Å². The molecule has 4 rings (SSSR count). The molecule has 30 heavy (non-hydrogen) atoms. The van der Waals surface area contributed by atoms with E-state index in [0.29, 0.717) is 26.6 Å². The molecule has 0 fully saturated rings. The Bertz CT molecular complexity index is 1220. The van der Waals surface area contributed by atoms with Gasteiger partial charge in [-0.15, -0.1) is 11.3 Å². The van der Waals surface area contributed by atoms with Gasteiger partial charge < -0.3 is 10.1 Å². The zero-order valence-corrected chi connectivity index (χ0v) is 17.6. The topological polar surface area (TPSA) is 55.4 Å². The van der Waals surface area contributed by atoms with Gasteiger partial charge in [0.2, 0.25) is 5.78 Å². The van der Waals surface area contributed by atoms with Crippen molar-refractivity contribution in [2.75, 3.05) is 11.9 Å². The predicted molar refractivity (Wildman–Crippen MR) is 122 cm³/mol. The van der Waals surface area contributed by atoms with Crippen molar-refractivity contribution in [3.8, 4) is 0 Å². The highest BCUT2D eigenvalue weighted by molar-refractivity contribution is 7.19. The molecule has 0 saturated heterocycles. The van der Waals surface area contributed by atoms with E-state index in [9.17, 15) is 9.59 Å². The summed E-state index contributed by atoms with van der Waals surface area (Å²) in [5, 5.41) is 5.80. The molecule has 4 nitrogen and oxygen atoms in total. The smallest absolute Gasteiger partial charge is 0.341 e. The Kier molecular flexibility index (Phi) is 5.63. The van der Waals surface area contributed by atoms with E-state index in [1.54, 1.807) is 13.8 Å². The van der Waals surface area contributed by atoms with E-state index < -0.39 is 5.97 Å². The molecule has 0 aliphatic carbocycles. The van der Waals surface area contributed by atoms with Gasteiger partial charge in [-0.3, -0.25) is 4.79 Å². The Morgan fingerprint density at radius 2 is 1.63 bits per heavy atom.